The Labute approximate surface area is 136 Å². The molecule has 2 rings (SSSR count). The summed E-state index contributed by atoms with van der Waals surface area (Å²) >= 11 is 5.98. The number of amides is 1. The van der Waals surface area contributed by atoms with Crippen LogP contribution in [-0.4, -0.2) is 24.5 Å². The topological polar surface area (TPSA) is 55.4 Å². The van der Waals surface area contributed by atoms with Crippen LogP contribution in [0.15, 0.2) is 24.3 Å². The number of benzene rings is 1. The lowest BCUT2D eigenvalue weighted by atomic mass is 9.87. The fourth-order valence-corrected chi connectivity index (χ4v) is 2.87. The molecule has 5 heteroatoms. The average molecular weight is 324 g/mol. The molecule has 0 unspecified atom stereocenters. The Morgan fingerprint density at radius 3 is 2.59 bits per heavy atom. The second-order valence-corrected chi connectivity index (χ2v) is 6.36. The number of carbonyl (C=O) groups excluding carboxylic acids is 2. The number of rotatable bonds is 5. The van der Waals surface area contributed by atoms with Crippen LogP contribution in [0, 0.1) is 5.92 Å². The van der Waals surface area contributed by atoms with Gasteiger partial charge in [0.15, 0.2) is 6.61 Å². The van der Waals surface area contributed by atoms with Crippen molar-refractivity contribution in [1.29, 1.82) is 0 Å². The van der Waals surface area contributed by atoms with Gasteiger partial charge in [-0.3, -0.25) is 9.59 Å². The number of hydrogen-bond donors (Lipinski definition) is 1. The molecule has 0 heterocycles. The predicted octanol–water partition coefficient (Wildman–Crippen LogP) is 3.12. The molecule has 1 fully saturated rings. The van der Waals surface area contributed by atoms with Crippen LogP contribution < -0.4 is 5.32 Å². The van der Waals surface area contributed by atoms with Crippen LogP contribution in [-0.2, 0) is 20.7 Å². The van der Waals surface area contributed by atoms with E-state index in [0.717, 1.165) is 31.6 Å². The van der Waals surface area contributed by atoms with Gasteiger partial charge < -0.3 is 10.1 Å². The van der Waals surface area contributed by atoms with E-state index in [-0.39, 0.29) is 25.0 Å². The maximum atomic E-state index is 11.8. The zero-order chi connectivity index (χ0) is 15.9. The second-order valence-electron chi connectivity index (χ2n) is 5.95. The quantitative estimate of drug-likeness (QED) is 0.847. The van der Waals surface area contributed by atoms with Crippen LogP contribution in [0.25, 0.3) is 0 Å². The molecule has 0 spiro atoms. The third-order valence-electron chi connectivity index (χ3n) is 4.04. The van der Waals surface area contributed by atoms with E-state index in [4.69, 9.17) is 16.3 Å². The Morgan fingerprint density at radius 1 is 1.23 bits per heavy atom. The number of halogens is 1. The first kappa shape index (κ1) is 16.8. The zero-order valence-corrected chi connectivity index (χ0v) is 13.6. The molecule has 1 aromatic rings. The van der Waals surface area contributed by atoms with Crippen molar-refractivity contribution in [3.8, 4) is 0 Å². The molecule has 0 bridgehead atoms. The van der Waals surface area contributed by atoms with Crippen molar-refractivity contribution in [2.24, 2.45) is 5.92 Å². The first-order valence-corrected chi connectivity index (χ1v) is 8.11. The van der Waals surface area contributed by atoms with Crippen LogP contribution >= 0.6 is 11.6 Å². The summed E-state index contributed by atoms with van der Waals surface area (Å²) in [7, 11) is 0. The Kier molecular flexibility index (Phi) is 6.25. The van der Waals surface area contributed by atoms with Crippen LogP contribution in [0.5, 0.6) is 0 Å². The van der Waals surface area contributed by atoms with E-state index in [1.54, 1.807) is 18.2 Å². The van der Waals surface area contributed by atoms with E-state index in [0.29, 0.717) is 10.6 Å². The van der Waals surface area contributed by atoms with Gasteiger partial charge in [0, 0.05) is 11.1 Å². The van der Waals surface area contributed by atoms with Gasteiger partial charge in [-0.2, -0.15) is 0 Å². The molecule has 22 heavy (non-hydrogen) atoms. The second kappa shape index (κ2) is 8.18. The first-order chi connectivity index (χ1) is 10.5. The minimum absolute atomic E-state index is 0.0773. The van der Waals surface area contributed by atoms with Crippen molar-refractivity contribution in [1.82, 2.24) is 5.32 Å². The number of esters is 1. The maximum Gasteiger partial charge on any atom is 0.310 e. The molecule has 1 saturated carbocycles. The molecule has 0 radical (unpaired) electrons. The van der Waals surface area contributed by atoms with Gasteiger partial charge in [-0.1, -0.05) is 36.7 Å². The van der Waals surface area contributed by atoms with Crippen molar-refractivity contribution in [2.45, 2.75) is 45.1 Å². The standard InChI is InChI=1S/C17H22ClNO3/c1-12-6-8-14(9-7-12)19-16(20)11-22-17(21)10-13-4-2-3-5-15(13)18/h2-5,12,14H,6-11H2,1H3,(H,19,20). The van der Waals surface area contributed by atoms with Gasteiger partial charge in [-0.15, -0.1) is 0 Å². The highest BCUT2D eigenvalue weighted by Crippen LogP contribution is 2.23. The van der Waals surface area contributed by atoms with E-state index >= 15 is 0 Å². The normalized spacial score (nSPS) is 21.2. The van der Waals surface area contributed by atoms with Gasteiger partial charge in [0.25, 0.3) is 5.91 Å². The highest BCUT2D eigenvalue weighted by atomic mass is 35.5. The van der Waals surface area contributed by atoms with E-state index < -0.39 is 5.97 Å². The number of ether oxygens (including phenoxy) is 1. The molecule has 4 nitrogen and oxygen atoms in total. The highest BCUT2D eigenvalue weighted by molar-refractivity contribution is 6.31. The van der Waals surface area contributed by atoms with Crippen molar-refractivity contribution in [2.75, 3.05) is 6.61 Å². The molecule has 1 N–H and O–H groups in total. The van der Waals surface area contributed by atoms with Gasteiger partial charge in [0.2, 0.25) is 0 Å². The molecule has 0 aliphatic heterocycles. The minimum Gasteiger partial charge on any atom is -0.455 e. The summed E-state index contributed by atoms with van der Waals surface area (Å²) in [5.74, 6) is 0.0641. The Balaban J connectivity index is 1.70. The summed E-state index contributed by atoms with van der Waals surface area (Å²) < 4.78 is 5.02. The zero-order valence-electron chi connectivity index (χ0n) is 12.8. The molecule has 1 aliphatic rings. The maximum absolute atomic E-state index is 11.8. The molecule has 0 aromatic heterocycles. The van der Waals surface area contributed by atoms with Crippen LogP contribution in [0.1, 0.15) is 38.2 Å². The lowest BCUT2D eigenvalue weighted by molar-refractivity contribution is -0.148. The number of carbonyl (C=O) groups is 2. The molecule has 1 amide bonds. The Morgan fingerprint density at radius 2 is 1.91 bits per heavy atom. The molecule has 0 atom stereocenters. The van der Waals surface area contributed by atoms with Crippen molar-refractivity contribution < 1.29 is 14.3 Å². The fourth-order valence-electron chi connectivity index (χ4n) is 2.67. The Hall–Kier alpha value is -1.55. The third kappa shape index (κ3) is 5.34. The van der Waals surface area contributed by atoms with Crippen molar-refractivity contribution in [3.63, 3.8) is 0 Å². The minimum atomic E-state index is -0.444. The SMILES string of the molecule is CC1CCC(NC(=O)COC(=O)Cc2ccccc2Cl)CC1. The first-order valence-electron chi connectivity index (χ1n) is 7.73. The Bertz CT molecular complexity index is 524. The van der Waals surface area contributed by atoms with Gasteiger partial charge >= 0.3 is 5.97 Å². The van der Waals surface area contributed by atoms with Gasteiger partial charge in [0.1, 0.15) is 0 Å². The fraction of sp³-hybridized carbons (Fsp3) is 0.529. The summed E-state index contributed by atoms with van der Waals surface area (Å²) in [6.07, 6.45) is 4.35. The third-order valence-corrected chi connectivity index (χ3v) is 4.41. The molecular formula is C17H22ClNO3. The molecule has 1 aromatic carbocycles. The summed E-state index contributed by atoms with van der Waals surface area (Å²) in [5, 5.41) is 3.46. The molecular weight excluding hydrogens is 302 g/mol. The van der Waals surface area contributed by atoms with E-state index in [1.807, 2.05) is 6.07 Å². The van der Waals surface area contributed by atoms with E-state index in [1.165, 1.54) is 0 Å². The number of hydrogen-bond acceptors (Lipinski definition) is 3. The lowest BCUT2D eigenvalue weighted by Crippen LogP contribution is -2.39. The van der Waals surface area contributed by atoms with Crippen molar-refractivity contribution >= 4 is 23.5 Å². The molecule has 1 aliphatic carbocycles. The van der Waals surface area contributed by atoms with Crippen LogP contribution in [0.2, 0.25) is 5.02 Å². The van der Waals surface area contributed by atoms with Gasteiger partial charge in [-0.05, 0) is 43.2 Å². The largest absolute Gasteiger partial charge is 0.455 e. The average Bonchev–Trinajstić information content (AvgIpc) is 2.50. The van der Waals surface area contributed by atoms with E-state index in [9.17, 15) is 9.59 Å². The smallest absolute Gasteiger partial charge is 0.310 e. The summed E-state index contributed by atoms with van der Waals surface area (Å²) in [5.41, 5.74) is 0.704. The number of nitrogens with one attached hydrogen (secondary N) is 1. The van der Waals surface area contributed by atoms with Crippen LogP contribution in [0.4, 0.5) is 0 Å². The summed E-state index contributed by atoms with van der Waals surface area (Å²) in [6.45, 7) is 2.00. The molecule has 120 valence electrons. The summed E-state index contributed by atoms with van der Waals surface area (Å²) in [6, 6.07) is 7.32. The van der Waals surface area contributed by atoms with E-state index in [2.05, 4.69) is 12.2 Å². The van der Waals surface area contributed by atoms with Gasteiger partial charge in [-0.25, -0.2) is 0 Å². The highest BCUT2D eigenvalue weighted by Gasteiger charge is 2.20. The lowest BCUT2D eigenvalue weighted by Gasteiger charge is -2.26. The van der Waals surface area contributed by atoms with Gasteiger partial charge in [0.05, 0.1) is 6.42 Å². The van der Waals surface area contributed by atoms with Crippen molar-refractivity contribution in [3.05, 3.63) is 34.9 Å². The monoisotopic (exact) mass is 323 g/mol. The molecule has 0 saturated heterocycles. The predicted molar refractivity (Wildman–Crippen MR) is 85.7 cm³/mol. The van der Waals surface area contributed by atoms with Crippen LogP contribution in [0.3, 0.4) is 0 Å². The summed E-state index contributed by atoms with van der Waals surface area (Å²) in [4.78, 5) is 23.5.